The summed E-state index contributed by atoms with van der Waals surface area (Å²) in [7, 11) is 0.276. The minimum absolute atomic E-state index is 0.178. The first kappa shape index (κ1) is 18.9. The number of nitrogens with zero attached hydrogens (tertiary/aromatic N) is 1. The maximum absolute atomic E-state index is 11.4. The average molecular weight is 354 g/mol. The van der Waals surface area contributed by atoms with Crippen molar-refractivity contribution >= 4 is 16.0 Å². The second kappa shape index (κ2) is 7.21. The first-order chi connectivity index (χ1) is 11.1. The number of fused-ring (bicyclic) bond motifs is 2. The van der Waals surface area contributed by atoms with Gasteiger partial charge in [-0.15, -0.1) is 0 Å². The Morgan fingerprint density at radius 1 is 1.12 bits per heavy atom. The van der Waals surface area contributed by atoms with Crippen molar-refractivity contribution in [1.29, 1.82) is 0 Å². The zero-order chi connectivity index (χ0) is 18.0. The van der Waals surface area contributed by atoms with Gasteiger partial charge in [0.15, 0.2) is 0 Å². The van der Waals surface area contributed by atoms with Gasteiger partial charge in [0.1, 0.15) is 16.2 Å². The van der Waals surface area contributed by atoms with E-state index in [1.165, 1.54) is 31.4 Å². The van der Waals surface area contributed by atoms with E-state index in [4.69, 9.17) is 0 Å². The topological polar surface area (TPSA) is 86.3 Å². The number of amides is 1. The Morgan fingerprint density at radius 2 is 1.71 bits per heavy atom. The molecule has 24 heavy (non-hydrogen) atoms. The average Bonchev–Trinajstić information content (AvgIpc) is 2.55. The number of benzene rings is 1. The van der Waals surface area contributed by atoms with Crippen molar-refractivity contribution in [3.05, 3.63) is 29.8 Å². The largest absolute Gasteiger partial charge is 0.744 e. The smallest absolute Gasteiger partial charge is 0.226 e. The number of quaternary nitrogens is 1. The molecule has 0 saturated carbocycles. The normalized spacial score (nSPS) is 25.8. The minimum Gasteiger partial charge on any atom is -0.744 e. The summed E-state index contributed by atoms with van der Waals surface area (Å²) in [6.07, 6.45) is 4.51. The van der Waals surface area contributed by atoms with Gasteiger partial charge in [-0.2, -0.15) is 0 Å². The van der Waals surface area contributed by atoms with Crippen molar-refractivity contribution in [1.82, 2.24) is 5.32 Å². The van der Waals surface area contributed by atoms with Crippen LogP contribution in [0.25, 0.3) is 0 Å². The van der Waals surface area contributed by atoms with E-state index in [0.717, 1.165) is 23.0 Å². The molecule has 0 radical (unpaired) electrons. The van der Waals surface area contributed by atoms with Crippen molar-refractivity contribution in [2.75, 3.05) is 20.6 Å². The number of rotatable bonds is 1. The van der Waals surface area contributed by atoms with Gasteiger partial charge in [-0.05, 0) is 25.5 Å². The molecule has 134 valence electrons. The standard InChI is InChI=1S/C10H18N2O.C7H8O3S/c1-12(2)8-4-3-5-9(12)7-11-10(13)6-8;1-6-2-4-7(5-3-6)11(8,9)10/h8-9H,3-7H2,1-2H3;2-5H,1H3,(H,8,9,10). The summed E-state index contributed by atoms with van der Waals surface area (Å²) in [5.41, 5.74) is 0.928. The molecule has 1 amide bonds. The third kappa shape index (κ3) is 4.55. The molecule has 1 N–H and O–H groups in total. The van der Waals surface area contributed by atoms with Crippen LogP contribution in [0.1, 0.15) is 31.2 Å². The summed E-state index contributed by atoms with van der Waals surface area (Å²) in [5.74, 6) is 0.251. The molecule has 7 heteroatoms. The lowest BCUT2D eigenvalue weighted by Gasteiger charge is -2.45. The number of carbonyl (C=O) groups excluding carboxylic acids is 1. The molecule has 0 aromatic heterocycles. The van der Waals surface area contributed by atoms with Gasteiger partial charge in [-0.1, -0.05) is 17.7 Å². The van der Waals surface area contributed by atoms with E-state index in [2.05, 4.69) is 19.4 Å². The summed E-state index contributed by atoms with van der Waals surface area (Å²) < 4.78 is 32.2. The molecule has 2 bridgehead atoms. The number of nitrogens with one attached hydrogen (secondary N) is 1. The van der Waals surface area contributed by atoms with Gasteiger partial charge in [0.2, 0.25) is 5.91 Å². The summed E-state index contributed by atoms with van der Waals surface area (Å²) in [6, 6.07) is 6.98. The highest BCUT2D eigenvalue weighted by Crippen LogP contribution is 2.30. The molecule has 2 aliphatic heterocycles. The van der Waals surface area contributed by atoms with Gasteiger partial charge in [0.05, 0.1) is 38.0 Å². The minimum atomic E-state index is -4.27. The van der Waals surface area contributed by atoms with Gasteiger partial charge >= 0.3 is 0 Å². The molecule has 3 rings (SSSR count). The van der Waals surface area contributed by atoms with Crippen LogP contribution in [0, 0.1) is 6.92 Å². The number of piperidine rings is 1. The van der Waals surface area contributed by atoms with E-state index in [9.17, 15) is 17.8 Å². The number of hydrogen-bond donors (Lipinski definition) is 1. The molecule has 1 aromatic rings. The van der Waals surface area contributed by atoms with E-state index in [1.54, 1.807) is 12.1 Å². The van der Waals surface area contributed by atoms with Crippen molar-refractivity contribution in [2.45, 2.75) is 49.6 Å². The molecule has 2 saturated heterocycles. The molecule has 2 atom stereocenters. The number of aryl methyl sites for hydroxylation is 1. The van der Waals surface area contributed by atoms with Crippen LogP contribution in [0.2, 0.25) is 0 Å². The lowest BCUT2D eigenvalue weighted by Crippen LogP contribution is -2.58. The third-order valence-electron chi connectivity index (χ3n) is 5.22. The number of hydrogen-bond acceptors (Lipinski definition) is 4. The van der Waals surface area contributed by atoms with E-state index >= 15 is 0 Å². The second-order valence-electron chi connectivity index (χ2n) is 7.14. The maximum Gasteiger partial charge on any atom is 0.226 e. The SMILES string of the molecule is C[N+]1(C)C2CCCC1CC(=O)NC2.Cc1ccc(S(=O)(=O)[O-])cc1. The van der Waals surface area contributed by atoms with Crippen molar-refractivity contribution in [2.24, 2.45) is 0 Å². The molecule has 2 aliphatic rings. The predicted molar refractivity (Wildman–Crippen MR) is 90.3 cm³/mol. The van der Waals surface area contributed by atoms with E-state index in [1.807, 2.05) is 6.92 Å². The molecule has 2 fully saturated rings. The van der Waals surface area contributed by atoms with Crippen LogP contribution in [0.15, 0.2) is 29.2 Å². The van der Waals surface area contributed by atoms with E-state index < -0.39 is 10.1 Å². The highest BCUT2D eigenvalue weighted by molar-refractivity contribution is 7.85. The van der Waals surface area contributed by atoms with Gasteiger partial charge in [-0.3, -0.25) is 4.79 Å². The summed E-state index contributed by atoms with van der Waals surface area (Å²) in [5, 5.41) is 3.02. The molecule has 2 unspecified atom stereocenters. The Balaban J connectivity index is 0.000000177. The van der Waals surface area contributed by atoms with Crippen LogP contribution in [0.3, 0.4) is 0 Å². The molecule has 2 heterocycles. The van der Waals surface area contributed by atoms with E-state index in [0.29, 0.717) is 12.1 Å². The van der Waals surface area contributed by atoms with Crippen LogP contribution in [0.5, 0.6) is 0 Å². The Bertz CT molecular complexity index is 683. The van der Waals surface area contributed by atoms with Gasteiger partial charge < -0.3 is 14.4 Å². The van der Waals surface area contributed by atoms with Crippen LogP contribution < -0.4 is 5.32 Å². The molecular weight excluding hydrogens is 328 g/mol. The van der Waals surface area contributed by atoms with Crippen LogP contribution in [-0.4, -0.2) is 56.1 Å². The second-order valence-corrected chi connectivity index (χ2v) is 8.52. The van der Waals surface area contributed by atoms with Gasteiger partial charge in [0.25, 0.3) is 0 Å². The quantitative estimate of drug-likeness (QED) is 0.610. The summed E-state index contributed by atoms with van der Waals surface area (Å²) in [4.78, 5) is 11.2. The number of carbonyl (C=O) groups is 1. The van der Waals surface area contributed by atoms with Crippen molar-refractivity contribution < 1.29 is 22.2 Å². The molecular formula is C17H26N2O4S. The molecule has 6 nitrogen and oxygen atoms in total. The maximum atomic E-state index is 11.4. The number of likely N-dealkylation sites (N-methyl/N-ethyl adjacent to an activating group) is 1. The third-order valence-corrected chi connectivity index (χ3v) is 6.07. The van der Waals surface area contributed by atoms with Crippen molar-refractivity contribution in [3.8, 4) is 0 Å². The first-order valence-corrected chi connectivity index (χ1v) is 9.64. The summed E-state index contributed by atoms with van der Waals surface area (Å²) in [6.45, 7) is 2.70. The van der Waals surface area contributed by atoms with E-state index in [-0.39, 0.29) is 10.8 Å². The monoisotopic (exact) mass is 354 g/mol. The lowest BCUT2D eigenvalue weighted by molar-refractivity contribution is -0.941. The molecule has 0 aliphatic carbocycles. The fourth-order valence-corrected chi connectivity index (χ4v) is 3.92. The van der Waals surface area contributed by atoms with Gasteiger partial charge in [-0.25, -0.2) is 8.42 Å². The Morgan fingerprint density at radius 3 is 2.29 bits per heavy atom. The summed E-state index contributed by atoms with van der Waals surface area (Å²) >= 11 is 0. The van der Waals surface area contributed by atoms with Crippen LogP contribution >= 0.6 is 0 Å². The molecule has 1 aromatic carbocycles. The zero-order valence-corrected chi connectivity index (χ0v) is 15.3. The fourth-order valence-electron chi connectivity index (χ4n) is 3.45. The molecule has 0 spiro atoms. The Labute approximate surface area is 144 Å². The zero-order valence-electron chi connectivity index (χ0n) is 14.5. The van der Waals surface area contributed by atoms with Gasteiger partial charge in [0, 0.05) is 12.8 Å². The highest BCUT2D eigenvalue weighted by Gasteiger charge is 2.42. The lowest BCUT2D eigenvalue weighted by atomic mass is 9.92. The van der Waals surface area contributed by atoms with Crippen LogP contribution in [-0.2, 0) is 14.9 Å². The predicted octanol–water partition coefficient (Wildman–Crippen LogP) is 1.40. The highest BCUT2D eigenvalue weighted by atomic mass is 32.2. The van der Waals surface area contributed by atoms with Crippen molar-refractivity contribution in [3.63, 3.8) is 0 Å². The Kier molecular flexibility index (Phi) is 5.67. The Hall–Kier alpha value is -1.44. The fraction of sp³-hybridized carbons (Fsp3) is 0.588. The van der Waals surface area contributed by atoms with Crippen LogP contribution in [0.4, 0.5) is 0 Å². The first-order valence-electron chi connectivity index (χ1n) is 8.23.